The summed E-state index contributed by atoms with van der Waals surface area (Å²) in [6.45, 7) is 5.08. The number of aromatic nitrogens is 1. The Morgan fingerprint density at radius 1 is 1.42 bits per heavy atom. The van der Waals surface area contributed by atoms with Crippen LogP contribution in [0.15, 0.2) is 18.3 Å². The number of pyridine rings is 1. The van der Waals surface area contributed by atoms with Crippen LogP contribution in [0.1, 0.15) is 6.92 Å². The Hall–Kier alpha value is -1.82. The SMILES string of the molecule is COC(=O)C(C)N1CCN(c2ncccc2N)CC1. The van der Waals surface area contributed by atoms with E-state index in [9.17, 15) is 4.79 Å². The molecule has 104 valence electrons. The van der Waals surface area contributed by atoms with Crippen molar-refractivity contribution in [2.24, 2.45) is 0 Å². The zero-order chi connectivity index (χ0) is 13.8. The Labute approximate surface area is 113 Å². The topological polar surface area (TPSA) is 71.7 Å². The fourth-order valence-electron chi connectivity index (χ4n) is 2.31. The summed E-state index contributed by atoms with van der Waals surface area (Å²) < 4.78 is 4.77. The lowest BCUT2D eigenvalue weighted by atomic mass is 10.2. The van der Waals surface area contributed by atoms with E-state index in [-0.39, 0.29) is 12.0 Å². The molecule has 1 aromatic heterocycles. The van der Waals surface area contributed by atoms with Crippen LogP contribution in [0, 0.1) is 0 Å². The van der Waals surface area contributed by atoms with Crippen molar-refractivity contribution in [1.82, 2.24) is 9.88 Å². The first-order chi connectivity index (χ1) is 9.13. The van der Waals surface area contributed by atoms with Gasteiger partial charge in [-0.3, -0.25) is 9.69 Å². The molecule has 0 radical (unpaired) electrons. The maximum absolute atomic E-state index is 11.5. The van der Waals surface area contributed by atoms with Gasteiger partial charge in [0.25, 0.3) is 0 Å². The first-order valence-corrected chi connectivity index (χ1v) is 6.41. The van der Waals surface area contributed by atoms with Gasteiger partial charge in [0.15, 0.2) is 5.82 Å². The Balaban J connectivity index is 1.96. The summed E-state index contributed by atoms with van der Waals surface area (Å²) in [5.74, 6) is 0.638. The van der Waals surface area contributed by atoms with E-state index >= 15 is 0 Å². The van der Waals surface area contributed by atoms with Gasteiger partial charge in [0.1, 0.15) is 6.04 Å². The molecule has 0 bridgehead atoms. The molecule has 1 aliphatic heterocycles. The minimum absolute atomic E-state index is 0.189. The lowest BCUT2D eigenvalue weighted by molar-refractivity contribution is -0.146. The molecule has 1 aromatic rings. The summed E-state index contributed by atoms with van der Waals surface area (Å²) in [4.78, 5) is 20.1. The minimum atomic E-state index is -0.201. The summed E-state index contributed by atoms with van der Waals surface area (Å²) in [7, 11) is 1.42. The molecule has 6 heteroatoms. The highest BCUT2D eigenvalue weighted by atomic mass is 16.5. The first kappa shape index (κ1) is 13.6. The highest BCUT2D eigenvalue weighted by Gasteiger charge is 2.26. The van der Waals surface area contributed by atoms with Crippen molar-refractivity contribution in [1.29, 1.82) is 0 Å². The van der Waals surface area contributed by atoms with E-state index in [1.54, 1.807) is 6.20 Å². The van der Waals surface area contributed by atoms with Crippen LogP contribution in [0.3, 0.4) is 0 Å². The number of hydrogen-bond donors (Lipinski definition) is 1. The number of piperazine rings is 1. The minimum Gasteiger partial charge on any atom is -0.468 e. The Morgan fingerprint density at radius 2 is 2.11 bits per heavy atom. The normalized spacial score (nSPS) is 18.1. The van der Waals surface area contributed by atoms with Gasteiger partial charge in [-0.15, -0.1) is 0 Å². The molecule has 6 nitrogen and oxygen atoms in total. The third-order valence-electron chi connectivity index (χ3n) is 3.52. The number of hydrogen-bond acceptors (Lipinski definition) is 6. The Kier molecular flexibility index (Phi) is 4.21. The number of esters is 1. The van der Waals surface area contributed by atoms with Crippen LogP contribution in [0.5, 0.6) is 0 Å². The lowest BCUT2D eigenvalue weighted by Crippen LogP contribution is -2.52. The van der Waals surface area contributed by atoms with Crippen molar-refractivity contribution in [2.45, 2.75) is 13.0 Å². The third-order valence-corrected chi connectivity index (χ3v) is 3.52. The number of nitrogens with two attached hydrogens (primary N) is 1. The van der Waals surface area contributed by atoms with Crippen LogP contribution in [0.2, 0.25) is 0 Å². The lowest BCUT2D eigenvalue weighted by Gasteiger charge is -2.37. The van der Waals surface area contributed by atoms with Gasteiger partial charge in [0.05, 0.1) is 12.8 Å². The van der Waals surface area contributed by atoms with Gasteiger partial charge >= 0.3 is 5.97 Å². The zero-order valence-electron chi connectivity index (χ0n) is 11.4. The smallest absolute Gasteiger partial charge is 0.322 e. The Bertz CT molecular complexity index is 444. The van der Waals surface area contributed by atoms with Crippen LogP contribution in [-0.2, 0) is 9.53 Å². The third kappa shape index (κ3) is 2.96. The van der Waals surface area contributed by atoms with E-state index < -0.39 is 0 Å². The second-order valence-electron chi connectivity index (χ2n) is 4.64. The number of methoxy groups -OCH3 is 1. The molecule has 0 saturated carbocycles. The van der Waals surface area contributed by atoms with Crippen molar-refractivity contribution in [2.75, 3.05) is 43.9 Å². The summed E-state index contributed by atoms with van der Waals surface area (Å²) in [6, 6.07) is 3.48. The van der Waals surface area contributed by atoms with Crippen molar-refractivity contribution < 1.29 is 9.53 Å². The van der Waals surface area contributed by atoms with E-state index in [2.05, 4.69) is 14.8 Å². The van der Waals surface area contributed by atoms with E-state index in [1.165, 1.54) is 7.11 Å². The van der Waals surface area contributed by atoms with Crippen molar-refractivity contribution in [3.8, 4) is 0 Å². The number of carbonyl (C=O) groups is 1. The van der Waals surface area contributed by atoms with Crippen LogP contribution in [0.4, 0.5) is 11.5 Å². The number of anilines is 2. The van der Waals surface area contributed by atoms with Crippen molar-refractivity contribution >= 4 is 17.5 Å². The first-order valence-electron chi connectivity index (χ1n) is 6.41. The van der Waals surface area contributed by atoms with Gasteiger partial charge in [-0.1, -0.05) is 0 Å². The fraction of sp³-hybridized carbons (Fsp3) is 0.538. The zero-order valence-corrected chi connectivity index (χ0v) is 11.4. The van der Waals surface area contributed by atoms with Gasteiger partial charge in [0.2, 0.25) is 0 Å². The van der Waals surface area contributed by atoms with Gasteiger partial charge in [-0.25, -0.2) is 4.98 Å². The molecule has 2 heterocycles. The molecule has 0 spiro atoms. The van der Waals surface area contributed by atoms with Crippen molar-refractivity contribution in [3.05, 3.63) is 18.3 Å². The van der Waals surface area contributed by atoms with Crippen LogP contribution in [0.25, 0.3) is 0 Å². The molecular formula is C13H20N4O2. The predicted molar refractivity (Wildman–Crippen MR) is 73.9 cm³/mol. The average Bonchev–Trinajstić information content (AvgIpc) is 2.46. The summed E-state index contributed by atoms with van der Waals surface area (Å²) in [5, 5.41) is 0. The molecule has 0 aromatic carbocycles. The number of nitrogen functional groups attached to an aromatic ring is 1. The van der Waals surface area contributed by atoms with Gasteiger partial charge in [0, 0.05) is 32.4 Å². The Morgan fingerprint density at radius 3 is 2.68 bits per heavy atom. The molecule has 1 aliphatic rings. The molecule has 1 saturated heterocycles. The standard InChI is InChI=1S/C13H20N4O2/c1-10(13(18)19-2)16-6-8-17(9-7-16)12-11(14)4-3-5-15-12/h3-5,10H,6-9,14H2,1-2H3. The van der Waals surface area contributed by atoms with Crippen molar-refractivity contribution in [3.63, 3.8) is 0 Å². The summed E-state index contributed by atoms with van der Waals surface area (Å²) >= 11 is 0. The molecule has 2 rings (SSSR count). The summed E-state index contributed by atoms with van der Waals surface area (Å²) in [6.07, 6.45) is 1.75. The highest BCUT2D eigenvalue weighted by Crippen LogP contribution is 2.21. The highest BCUT2D eigenvalue weighted by molar-refractivity contribution is 5.75. The summed E-state index contributed by atoms with van der Waals surface area (Å²) in [5.41, 5.74) is 6.62. The average molecular weight is 264 g/mol. The van der Waals surface area contributed by atoms with E-state index in [0.29, 0.717) is 5.69 Å². The second kappa shape index (κ2) is 5.88. The van der Waals surface area contributed by atoms with Crippen LogP contribution in [-0.4, -0.2) is 55.2 Å². The molecule has 1 unspecified atom stereocenters. The van der Waals surface area contributed by atoms with E-state index in [4.69, 9.17) is 10.5 Å². The molecular weight excluding hydrogens is 244 g/mol. The van der Waals surface area contributed by atoms with Crippen LogP contribution < -0.4 is 10.6 Å². The molecule has 0 amide bonds. The van der Waals surface area contributed by atoms with E-state index in [0.717, 1.165) is 32.0 Å². The quantitative estimate of drug-likeness (QED) is 0.794. The number of nitrogens with zero attached hydrogens (tertiary/aromatic N) is 3. The maximum Gasteiger partial charge on any atom is 0.322 e. The fourth-order valence-corrected chi connectivity index (χ4v) is 2.31. The predicted octanol–water partition coefficient (Wildman–Crippen LogP) is 0.347. The van der Waals surface area contributed by atoms with Gasteiger partial charge in [-0.2, -0.15) is 0 Å². The number of ether oxygens (including phenoxy) is 1. The number of carbonyl (C=O) groups excluding carboxylic acids is 1. The molecule has 0 aliphatic carbocycles. The molecule has 19 heavy (non-hydrogen) atoms. The second-order valence-corrected chi connectivity index (χ2v) is 4.64. The largest absolute Gasteiger partial charge is 0.468 e. The molecule has 2 N–H and O–H groups in total. The molecule has 1 atom stereocenters. The monoisotopic (exact) mass is 264 g/mol. The van der Waals surface area contributed by atoms with Gasteiger partial charge in [-0.05, 0) is 19.1 Å². The van der Waals surface area contributed by atoms with Crippen LogP contribution >= 0.6 is 0 Å². The number of rotatable bonds is 3. The van der Waals surface area contributed by atoms with E-state index in [1.807, 2.05) is 19.1 Å². The maximum atomic E-state index is 11.5. The molecule has 1 fully saturated rings. The van der Waals surface area contributed by atoms with Gasteiger partial charge < -0.3 is 15.4 Å².